The van der Waals surface area contributed by atoms with Crippen molar-refractivity contribution in [3.05, 3.63) is 72.4 Å². The van der Waals surface area contributed by atoms with Crippen molar-refractivity contribution in [1.82, 2.24) is 0 Å². The Kier molecular flexibility index (Phi) is 9.95. The first-order valence-corrected chi connectivity index (χ1v) is 6.71. The van der Waals surface area contributed by atoms with Crippen LogP contribution in [-0.2, 0) is 20.9 Å². The highest BCUT2D eigenvalue weighted by molar-refractivity contribution is 5.89. The van der Waals surface area contributed by atoms with E-state index in [1.165, 1.54) is 19.1 Å². The average molecular weight is 313 g/mol. The van der Waals surface area contributed by atoms with Gasteiger partial charge in [-0.1, -0.05) is 49.6 Å². The van der Waals surface area contributed by atoms with E-state index in [4.69, 9.17) is 15.1 Å². The number of hydrogen-bond acceptors (Lipinski definition) is 4. The number of rotatable bonds is 6. The molecule has 0 atom stereocenters. The monoisotopic (exact) mass is 313 g/mol. The maximum Gasteiger partial charge on any atom is 0.334 e. The maximum atomic E-state index is 11.6. The molecule has 0 heterocycles. The van der Waals surface area contributed by atoms with Crippen LogP contribution in [0.15, 0.2) is 66.8 Å². The molecule has 0 aromatic heterocycles. The lowest BCUT2D eigenvalue weighted by Gasteiger charge is -2.05. The second kappa shape index (κ2) is 11.5. The van der Waals surface area contributed by atoms with Gasteiger partial charge in [0.15, 0.2) is 0 Å². The number of aliphatic carboxylic acids is 1. The molecule has 0 aliphatic heterocycles. The molecule has 1 aromatic carbocycles. The lowest BCUT2D eigenvalue weighted by Crippen LogP contribution is -2.07. The maximum absolute atomic E-state index is 11.6. The Morgan fingerprint density at radius 1 is 1.35 bits per heavy atom. The summed E-state index contributed by atoms with van der Waals surface area (Å²) in [5.41, 5.74) is 1.30. The molecule has 0 aliphatic carbocycles. The van der Waals surface area contributed by atoms with Gasteiger partial charge < -0.3 is 9.84 Å². The fourth-order valence-corrected chi connectivity index (χ4v) is 1.27. The minimum atomic E-state index is -1.01. The van der Waals surface area contributed by atoms with Gasteiger partial charge in [-0.15, -0.1) is 0 Å². The SMILES string of the molecule is C=C(CC=C(C)C(=O)O)C(=O)OCc1ccccc1.C=CC#N. The minimum Gasteiger partial charge on any atom is -0.478 e. The van der Waals surface area contributed by atoms with Crippen LogP contribution in [0.25, 0.3) is 0 Å². The fourth-order valence-electron chi connectivity index (χ4n) is 1.27. The summed E-state index contributed by atoms with van der Waals surface area (Å²) >= 11 is 0. The van der Waals surface area contributed by atoms with E-state index in [0.717, 1.165) is 5.56 Å². The summed E-state index contributed by atoms with van der Waals surface area (Å²) < 4.78 is 5.07. The summed E-state index contributed by atoms with van der Waals surface area (Å²) in [7, 11) is 0. The molecule has 23 heavy (non-hydrogen) atoms. The number of hydrogen-bond donors (Lipinski definition) is 1. The molecular weight excluding hydrogens is 294 g/mol. The van der Waals surface area contributed by atoms with Crippen molar-refractivity contribution in [3.8, 4) is 6.07 Å². The number of carboxylic acid groups (broad SMARTS) is 1. The zero-order valence-electron chi connectivity index (χ0n) is 13.0. The van der Waals surface area contributed by atoms with Gasteiger partial charge in [0.05, 0.1) is 6.07 Å². The molecule has 0 spiro atoms. The van der Waals surface area contributed by atoms with Crippen molar-refractivity contribution in [2.75, 3.05) is 0 Å². The lowest BCUT2D eigenvalue weighted by atomic mass is 10.1. The molecular formula is C18H19NO4. The van der Waals surface area contributed by atoms with Crippen molar-refractivity contribution in [1.29, 1.82) is 5.26 Å². The van der Waals surface area contributed by atoms with Gasteiger partial charge in [0.25, 0.3) is 0 Å². The molecule has 1 rings (SSSR count). The molecule has 0 aliphatic rings. The van der Waals surface area contributed by atoms with Crippen LogP contribution in [0.1, 0.15) is 18.9 Å². The molecule has 0 amide bonds. The third-order valence-electron chi connectivity index (χ3n) is 2.58. The number of nitrogens with zero attached hydrogens (tertiary/aromatic N) is 1. The minimum absolute atomic E-state index is 0.172. The Morgan fingerprint density at radius 3 is 2.39 bits per heavy atom. The van der Waals surface area contributed by atoms with E-state index in [1.54, 1.807) is 6.07 Å². The Balaban J connectivity index is 0.00000108. The number of nitriles is 1. The van der Waals surface area contributed by atoms with E-state index in [0.29, 0.717) is 0 Å². The van der Waals surface area contributed by atoms with Gasteiger partial charge in [0.2, 0.25) is 0 Å². The van der Waals surface area contributed by atoms with Crippen LogP contribution < -0.4 is 0 Å². The van der Waals surface area contributed by atoms with Crippen molar-refractivity contribution >= 4 is 11.9 Å². The first-order valence-electron chi connectivity index (χ1n) is 6.71. The average Bonchev–Trinajstić information content (AvgIpc) is 2.58. The smallest absolute Gasteiger partial charge is 0.334 e. The Bertz CT molecular complexity index is 624. The summed E-state index contributed by atoms with van der Waals surface area (Å²) in [4.78, 5) is 22.2. The number of benzene rings is 1. The van der Waals surface area contributed by atoms with Gasteiger partial charge in [0, 0.05) is 17.2 Å². The van der Waals surface area contributed by atoms with Crippen LogP contribution in [0, 0.1) is 11.3 Å². The van der Waals surface area contributed by atoms with Gasteiger partial charge in [-0.05, 0) is 18.9 Å². The highest BCUT2D eigenvalue weighted by Crippen LogP contribution is 2.08. The summed E-state index contributed by atoms with van der Waals surface area (Å²) in [6.45, 7) is 8.35. The predicted molar refractivity (Wildman–Crippen MR) is 87.2 cm³/mol. The standard InChI is InChI=1S/C15H16O4.C3H3N/c1-11(14(16)17)8-9-12(2)15(18)19-10-13-6-4-3-5-7-13;1-2-3-4/h3-8H,2,9-10H2,1H3,(H,16,17);2H,1H2. The molecule has 120 valence electrons. The Hall–Kier alpha value is -3.13. The molecule has 1 aromatic rings. The van der Waals surface area contributed by atoms with Gasteiger partial charge in [0.1, 0.15) is 6.61 Å². The second-order valence-corrected chi connectivity index (χ2v) is 4.39. The zero-order chi connectivity index (χ0) is 17.7. The number of carbonyl (C=O) groups is 2. The zero-order valence-corrected chi connectivity index (χ0v) is 13.0. The number of ether oxygens (including phenoxy) is 1. The number of esters is 1. The molecule has 0 unspecified atom stereocenters. The molecule has 0 fully saturated rings. The highest BCUT2D eigenvalue weighted by atomic mass is 16.5. The third kappa shape index (κ3) is 9.43. The molecule has 5 heteroatoms. The summed E-state index contributed by atoms with van der Waals surface area (Å²) in [6.07, 6.45) is 2.79. The number of carbonyl (C=O) groups excluding carboxylic acids is 1. The Labute approximate surface area is 135 Å². The summed E-state index contributed by atoms with van der Waals surface area (Å²) in [6, 6.07) is 11.0. The van der Waals surface area contributed by atoms with Crippen LogP contribution in [0.5, 0.6) is 0 Å². The van der Waals surface area contributed by atoms with Crippen molar-refractivity contribution in [2.24, 2.45) is 0 Å². The first-order chi connectivity index (χ1) is 10.9. The van der Waals surface area contributed by atoms with Crippen LogP contribution >= 0.6 is 0 Å². The van der Waals surface area contributed by atoms with E-state index in [1.807, 2.05) is 30.3 Å². The van der Waals surface area contributed by atoms with E-state index < -0.39 is 11.9 Å². The van der Waals surface area contributed by atoms with E-state index in [9.17, 15) is 9.59 Å². The van der Waals surface area contributed by atoms with Crippen molar-refractivity contribution < 1.29 is 19.4 Å². The largest absolute Gasteiger partial charge is 0.478 e. The molecule has 0 saturated heterocycles. The highest BCUT2D eigenvalue weighted by Gasteiger charge is 2.08. The summed E-state index contributed by atoms with van der Waals surface area (Å²) in [5.74, 6) is -1.52. The van der Waals surface area contributed by atoms with Crippen LogP contribution in [-0.4, -0.2) is 17.0 Å². The van der Waals surface area contributed by atoms with Gasteiger partial charge >= 0.3 is 11.9 Å². The molecule has 5 nitrogen and oxygen atoms in total. The molecule has 1 N–H and O–H groups in total. The number of carboxylic acids is 1. The van der Waals surface area contributed by atoms with Gasteiger partial charge in [-0.3, -0.25) is 0 Å². The van der Waals surface area contributed by atoms with Crippen LogP contribution in [0.3, 0.4) is 0 Å². The van der Waals surface area contributed by atoms with Crippen molar-refractivity contribution in [2.45, 2.75) is 20.0 Å². The molecule has 0 saturated carbocycles. The van der Waals surface area contributed by atoms with E-state index >= 15 is 0 Å². The normalized spacial score (nSPS) is 9.65. The third-order valence-corrected chi connectivity index (χ3v) is 2.58. The quantitative estimate of drug-likeness (QED) is 0.494. The van der Waals surface area contributed by atoms with E-state index in [-0.39, 0.29) is 24.2 Å². The molecule has 0 radical (unpaired) electrons. The summed E-state index contributed by atoms with van der Waals surface area (Å²) in [5, 5.41) is 16.2. The fraction of sp³-hybridized carbons (Fsp3) is 0.167. The van der Waals surface area contributed by atoms with Crippen LogP contribution in [0.2, 0.25) is 0 Å². The second-order valence-electron chi connectivity index (χ2n) is 4.39. The lowest BCUT2D eigenvalue weighted by molar-refractivity contribution is -0.140. The number of allylic oxidation sites excluding steroid dienone is 2. The molecule has 0 bridgehead atoms. The topological polar surface area (TPSA) is 87.4 Å². The van der Waals surface area contributed by atoms with Crippen molar-refractivity contribution in [3.63, 3.8) is 0 Å². The Morgan fingerprint density at radius 2 is 1.91 bits per heavy atom. The van der Waals surface area contributed by atoms with Gasteiger partial charge in [-0.25, -0.2) is 9.59 Å². The van der Waals surface area contributed by atoms with Gasteiger partial charge in [-0.2, -0.15) is 5.26 Å². The predicted octanol–water partition coefficient (Wildman–Crippen LogP) is 3.40. The first kappa shape index (κ1) is 19.9. The van der Waals surface area contributed by atoms with E-state index in [2.05, 4.69) is 13.2 Å². The van der Waals surface area contributed by atoms with Crippen LogP contribution in [0.4, 0.5) is 0 Å².